The van der Waals surface area contributed by atoms with Gasteiger partial charge in [-0.3, -0.25) is 10.1 Å². The first kappa shape index (κ1) is 13.5. The van der Waals surface area contributed by atoms with Crippen molar-refractivity contribution in [3.63, 3.8) is 0 Å². The molecule has 3 atom stereocenters. The minimum absolute atomic E-state index is 0.0743. The number of carbonyl (C=O) groups is 1. The Morgan fingerprint density at radius 2 is 1.84 bits per heavy atom. The van der Waals surface area contributed by atoms with Gasteiger partial charge in [0.25, 0.3) is 0 Å². The molecular weight excluding hydrogens is 242 g/mol. The highest BCUT2D eigenvalue weighted by Crippen LogP contribution is 2.54. The van der Waals surface area contributed by atoms with Gasteiger partial charge in [-0.2, -0.15) is 0 Å². The Kier molecular flexibility index (Phi) is 3.04. The molecule has 0 heterocycles. The molecular formula is C15H25NO3. The third-order valence-corrected chi connectivity index (χ3v) is 4.89. The van der Waals surface area contributed by atoms with Gasteiger partial charge in [-0.25, -0.2) is 0 Å². The van der Waals surface area contributed by atoms with E-state index in [1.807, 2.05) is 20.8 Å². The van der Waals surface area contributed by atoms with Crippen molar-refractivity contribution in [2.75, 3.05) is 0 Å². The first-order chi connectivity index (χ1) is 8.76. The number of ether oxygens (including phenoxy) is 1. The summed E-state index contributed by atoms with van der Waals surface area (Å²) < 4.78 is 5.56. The molecule has 0 saturated heterocycles. The van der Waals surface area contributed by atoms with Crippen LogP contribution in [0.15, 0.2) is 0 Å². The molecule has 4 heteroatoms. The maximum atomic E-state index is 12.1. The summed E-state index contributed by atoms with van der Waals surface area (Å²) >= 11 is 0. The predicted octanol–water partition coefficient (Wildman–Crippen LogP) is 1.81. The third-order valence-electron chi connectivity index (χ3n) is 4.89. The summed E-state index contributed by atoms with van der Waals surface area (Å²) in [6.45, 7) is 5.79. The average molecular weight is 267 g/mol. The first-order valence-electron chi connectivity index (χ1n) is 7.44. The fraction of sp³-hybridized carbons (Fsp3) is 0.933. The molecule has 3 unspecified atom stereocenters. The summed E-state index contributed by atoms with van der Waals surface area (Å²) in [6, 6.07) is 0. The zero-order valence-corrected chi connectivity index (χ0v) is 12.1. The lowest BCUT2D eigenvalue weighted by Gasteiger charge is -2.56. The third kappa shape index (κ3) is 2.58. The molecule has 0 aromatic carbocycles. The lowest BCUT2D eigenvalue weighted by molar-refractivity contribution is -0.204. The largest absolute Gasteiger partial charge is 0.356 e. The second kappa shape index (κ2) is 4.27. The van der Waals surface area contributed by atoms with E-state index in [2.05, 4.69) is 5.32 Å². The molecule has 4 aliphatic rings. The molecule has 4 bridgehead atoms. The topological polar surface area (TPSA) is 58.6 Å². The van der Waals surface area contributed by atoms with Gasteiger partial charge in [0.05, 0.1) is 5.60 Å². The molecule has 0 radical (unpaired) electrons. The van der Waals surface area contributed by atoms with Crippen molar-refractivity contribution in [2.45, 2.75) is 70.4 Å². The van der Waals surface area contributed by atoms with E-state index in [9.17, 15) is 9.90 Å². The molecule has 0 amide bonds. The smallest absolute Gasteiger partial charge is 0.214 e. The number of hydrogen-bond acceptors (Lipinski definition) is 4. The number of hydrogen-bond donors (Lipinski definition) is 2. The molecule has 4 aliphatic carbocycles. The van der Waals surface area contributed by atoms with Crippen LogP contribution in [0.3, 0.4) is 0 Å². The van der Waals surface area contributed by atoms with Crippen molar-refractivity contribution in [1.29, 1.82) is 0 Å². The molecule has 2 N–H and O–H groups in total. The number of carbonyl (C=O) groups excluding carboxylic acids is 1. The van der Waals surface area contributed by atoms with Crippen molar-refractivity contribution in [1.82, 2.24) is 5.32 Å². The van der Waals surface area contributed by atoms with Crippen LogP contribution in [0.25, 0.3) is 0 Å². The average Bonchev–Trinajstić information content (AvgIpc) is 2.20. The maximum Gasteiger partial charge on any atom is 0.214 e. The van der Waals surface area contributed by atoms with Crippen molar-refractivity contribution in [3.8, 4) is 0 Å². The quantitative estimate of drug-likeness (QED) is 0.766. The highest BCUT2D eigenvalue weighted by atomic mass is 16.6. The van der Waals surface area contributed by atoms with Crippen molar-refractivity contribution in [3.05, 3.63) is 0 Å². The number of aliphatic hydroxyl groups is 1. The van der Waals surface area contributed by atoms with Gasteiger partial charge >= 0.3 is 0 Å². The standard InChI is InChI=1S/C15H25NO3/c1-14(2,3)19-13(18)16-15-6-9-4-10(7-15)12(17)11(5-9)8-15/h9-11,13,16,18H,4-8H2,1-3H3. The molecule has 0 spiro atoms. The van der Waals surface area contributed by atoms with E-state index in [1.54, 1.807) is 0 Å². The van der Waals surface area contributed by atoms with Crippen LogP contribution in [0.1, 0.15) is 52.9 Å². The zero-order valence-electron chi connectivity index (χ0n) is 12.1. The highest BCUT2D eigenvalue weighted by Gasteiger charge is 2.55. The number of nitrogens with one attached hydrogen (secondary N) is 1. The minimum atomic E-state index is -0.939. The van der Waals surface area contributed by atoms with E-state index >= 15 is 0 Å². The van der Waals surface area contributed by atoms with Crippen LogP contribution in [-0.4, -0.2) is 28.4 Å². The Labute approximate surface area is 114 Å². The van der Waals surface area contributed by atoms with Gasteiger partial charge in [0, 0.05) is 17.4 Å². The van der Waals surface area contributed by atoms with Crippen molar-refractivity contribution >= 4 is 5.78 Å². The molecule has 108 valence electrons. The number of Topliss-reactive ketones (excluding diaryl/α,β-unsaturated/α-hetero) is 1. The number of aliphatic hydroxyl groups excluding tert-OH is 1. The molecule has 0 aliphatic heterocycles. The molecule has 4 fully saturated rings. The monoisotopic (exact) mass is 267 g/mol. The summed E-state index contributed by atoms with van der Waals surface area (Å²) in [4.78, 5) is 12.1. The lowest BCUT2D eigenvalue weighted by atomic mass is 9.52. The zero-order chi connectivity index (χ0) is 13.8. The summed E-state index contributed by atoms with van der Waals surface area (Å²) in [5.41, 5.74) is -0.445. The van der Waals surface area contributed by atoms with E-state index in [0.29, 0.717) is 11.7 Å². The van der Waals surface area contributed by atoms with Gasteiger partial charge in [0.15, 0.2) is 0 Å². The summed E-state index contributed by atoms with van der Waals surface area (Å²) in [6.07, 6.45) is 4.03. The van der Waals surface area contributed by atoms with Gasteiger partial charge < -0.3 is 9.84 Å². The maximum absolute atomic E-state index is 12.1. The van der Waals surface area contributed by atoms with Gasteiger partial charge in [-0.1, -0.05) is 0 Å². The van der Waals surface area contributed by atoms with Crippen LogP contribution < -0.4 is 5.32 Å². The molecule has 19 heavy (non-hydrogen) atoms. The molecule has 4 rings (SSSR count). The fourth-order valence-electron chi connectivity index (χ4n) is 4.55. The van der Waals surface area contributed by atoms with Crippen molar-refractivity contribution in [2.24, 2.45) is 17.8 Å². The van der Waals surface area contributed by atoms with Crippen LogP contribution >= 0.6 is 0 Å². The van der Waals surface area contributed by atoms with Crippen LogP contribution in [-0.2, 0) is 9.53 Å². The van der Waals surface area contributed by atoms with Crippen LogP contribution in [0.2, 0.25) is 0 Å². The van der Waals surface area contributed by atoms with Gasteiger partial charge in [-0.05, 0) is 58.8 Å². The van der Waals surface area contributed by atoms with E-state index < -0.39 is 6.41 Å². The second-order valence-electron chi connectivity index (χ2n) is 7.75. The first-order valence-corrected chi connectivity index (χ1v) is 7.44. The normalized spacial score (nSPS) is 42.7. The Bertz CT molecular complexity index is 369. The second-order valence-corrected chi connectivity index (χ2v) is 7.75. The Balaban J connectivity index is 1.69. The number of ketones is 1. The SMILES string of the molecule is CC(C)(C)OC(O)NC12CC3CC(C1)C(=O)C(C3)C2. The Hall–Kier alpha value is -0.450. The lowest BCUT2D eigenvalue weighted by Crippen LogP contribution is -2.64. The van der Waals surface area contributed by atoms with Gasteiger partial charge in [0.1, 0.15) is 5.78 Å². The fourth-order valence-corrected chi connectivity index (χ4v) is 4.55. The minimum Gasteiger partial charge on any atom is -0.356 e. The Morgan fingerprint density at radius 3 is 2.37 bits per heavy atom. The van der Waals surface area contributed by atoms with E-state index in [1.165, 1.54) is 0 Å². The van der Waals surface area contributed by atoms with Crippen LogP contribution in [0.4, 0.5) is 0 Å². The summed E-state index contributed by atoms with van der Waals surface area (Å²) in [5, 5.41) is 13.4. The predicted molar refractivity (Wildman–Crippen MR) is 71.3 cm³/mol. The molecule has 4 nitrogen and oxygen atoms in total. The molecule has 4 saturated carbocycles. The van der Waals surface area contributed by atoms with Crippen LogP contribution in [0.5, 0.6) is 0 Å². The molecule has 0 aromatic heterocycles. The van der Waals surface area contributed by atoms with E-state index in [4.69, 9.17) is 4.74 Å². The van der Waals surface area contributed by atoms with E-state index in [-0.39, 0.29) is 23.0 Å². The highest BCUT2D eigenvalue weighted by molar-refractivity contribution is 5.86. The van der Waals surface area contributed by atoms with Crippen LogP contribution in [0, 0.1) is 17.8 Å². The van der Waals surface area contributed by atoms with E-state index in [0.717, 1.165) is 32.1 Å². The number of rotatable bonds is 3. The Morgan fingerprint density at radius 1 is 1.26 bits per heavy atom. The van der Waals surface area contributed by atoms with Gasteiger partial charge in [0.2, 0.25) is 6.41 Å². The summed E-state index contributed by atoms with van der Waals surface area (Å²) in [7, 11) is 0. The molecule has 0 aromatic rings. The van der Waals surface area contributed by atoms with Gasteiger partial charge in [-0.15, -0.1) is 0 Å². The summed E-state index contributed by atoms with van der Waals surface area (Å²) in [5.74, 6) is 1.57. The van der Waals surface area contributed by atoms with Crippen molar-refractivity contribution < 1.29 is 14.6 Å².